The third-order valence-electron chi connectivity index (χ3n) is 10.8. The summed E-state index contributed by atoms with van der Waals surface area (Å²) in [6.45, 7) is 4.58. The van der Waals surface area contributed by atoms with E-state index in [9.17, 15) is 10.5 Å². The van der Waals surface area contributed by atoms with Crippen LogP contribution in [-0.2, 0) is 25.7 Å². The van der Waals surface area contributed by atoms with E-state index in [2.05, 4.69) is 86.6 Å². The van der Waals surface area contributed by atoms with E-state index in [1.807, 2.05) is 0 Å². The van der Waals surface area contributed by atoms with E-state index < -0.39 is 0 Å². The Morgan fingerprint density at radius 3 is 1.08 bits per heavy atom. The maximum Gasteiger partial charge on any atom is 0.0669 e. The van der Waals surface area contributed by atoms with Crippen molar-refractivity contribution in [3.63, 3.8) is 0 Å². The van der Waals surface area contributed by atoms with Gasteiger partial charge >= 0.3 is 0 Å². The maximum absolute atomic E-state index is 9.43. The largest absolute Gasteiger partial charge is 0.198 e. The number of hydrogen-bond donors (Lipinski definition) is 0. The molecule has 0 aliphatic carbocycles. The number of aryl methyl sites for hydroxylation is 2. The van der Waals surface area contributed by atoms with Crippen LogP contribution in [0, 0.1) is 22.7 Å². The van der Waals surface area contributed by atoms with Gasteiger partial charge in [0, 0.05) is 0 Å². The SMILES string of the molecule is CCCCCCCCCCCCc1ccc2cc(CC#N)ccc2c1-c1c(CCCCCCCCCCCC)ccc2cc(CC#N)ccc12. The molecule has 0 bridgehead atoms. The molecule has 0 aromatic heterocycles. The van der Waals surface area contributed by atoms with E-state index in [1.165, 1.54) is 172 Å². The summed E-state index contributed by atoms with van der Waals surface area (Å²) in [7, 11) is 0. The average Bonchev–Trinajstić information content (AvgIpc) is 3.13. The second-order valence-electron chi connectivity index (χ2n) is 14.8. The molecular weight excluding hydrogens is 605 g/mol. The van der Waals surface area contributed by atoms with Crippen LogP contribution in [0.5, 0.6) is 0 Å². The van der Waals surface area contributed by atoms with Crippen molar-refractivity contribution in [2.45, 2.75) is 168 Å². The van der Waals surface area contributed by atoms with E-state index in [0.717, 1.165) is 24.0 Å². The van der Waals surface area contributed by atoms with Crippen LogP contribution >= 0.6 is 0 Å². The molecule has 0 fully saturated rings. The second kappa shape index (κ2) is 23.0. The molecule has 0 unspecified atom stereocenters. The normalized spacial score (nSPS) is 11.3. The number of benzene rings is 4. The summed E-state index contributed by atoms with van der Waals surface area (Å²) in [6, 6.07) is 27.4. The molecule has 0 heterocycles. The molecule has 0 saturated carbocycles. The van der Waals surface area contributed by atoms with Gasteiger partial charge in [-0.25, -0.2) is 0 Å². The molecule has 0 aliphatic rings. The lowest BCUT2D eigenvalue weighted by Gasteiger charge is -2.20. The second-order valence-corrected chi connectivity index (χ2v) is 14.8. The third-order valence-corrected chi connectivity index (χ3v) is 10.8. The first-order valence-corrected chi connectivity index (χ1v) is 20.5. The number of unbranched alkanes of at least 4 members (excludes halogenated alkanes) is 18. The highest BCUT2D eigenvalue weighted by molar-refractivity contribution is 6.08. The Balaban J connectivity index is 1.59. The lowest BCUT2D eigenvalue weighted by atomic mass is 9.83. The molecule has 0 atom stereocenters. The molecule has 0 radical (unpaired) electrons. The molecular formula is C48H64N2. The quantitative estimate of drug-likeness (QED) is 0.0660. The zero-order chi connectivity index (χ0) is 35.2. The van der Waals surface area contributed by atoms with Gasteiger partial charge in [-0.1, -0.05) is 190 Å². The molecule has 4 aromatic carbocycles. The van der Waals surface area contributed by atoms with Gasteiger partial charge in [-0.05, 0) is 80.6 Å². The molecule has 0 aliphatic heterocycles. The Kier molecular flexibility index (Phi) is 18.0. The molecule has 4 rings (SSSR count). The van der Waals surface area contributed by atoms with Gasteiger partial charge in [-0.3, -0.25) is 0 Å². The van der Waals surface area contributed by atoms with Crippen LogP contribution in [0.1, 0.15) is 165 Å². The van der Waals surface area contributed by atoms with Gasteiger partial charge in [0.25, 0.3) is 0 Å². The average molecular weight is 669 g/mol. The van der Waals surface area contributed by atoms with Gasteiger partial charge in [-0.2, -0.15) is 10.5 Å². The minimum Gasteiger partial charge on any atom is -0.198 e. The fourth-order valence-corrected chi connectivity index (χ4v) is 7.86. The van der Waals surface area contributed by atoms with Crippen LogP contribution in [0.4, 0.5) is 0 Å². The monoisotopic (exact) mass is 669 g/mol. The van der Waals surface area contributed by atoms with Gasteiger partial charge in [-0.15, -0.1) is 0 Å². The molecule has 0 spiro atoms. The van der Waals surface area contributed by atoms with E-state index in [0.29, 0.717) is 12.8 Å². The number of rotatable bonds is 25. The summed E-state index contributed by atoms with van der Waals surface area (Å²) < 4.78 is 0. The molecule has 0 amide bonds. The highest BCUT2D eigenvalue weighted by Gasteiger charge is 2.18. The smallest absolute Gasteiger partial charge is 0.0669 e. The van der Waals surface area contributed by atoms with Crippen LogP contribution < -0.4 is 0 Å². The highest BCUT2D eigenvalue weighted by Crippen LogP contribution is 2.41. The minimum atomic E-state index is 0.436. The van der Waals surface area contributed by atoms with E-state index in [1.54, 1.807) is 0 Å². The summed E-state index contributed by atoms with van der Waals surface area (Å²) in [4.78, 5) is 0. The van der Waals surface area contributed by atoms with Crippen LogP contribution in [0.15, 0.2) is 60.7 Å². The van der Waals surface area contributed by atoms with Gasteiger partial charge < -0.3 is 0 Å². The van der Waals surface area contributed by atoms with E-state index in [4.69, 9.17) is 0 Å². The van der Waals surface area contributed by atoms with Gasteiger partial charge in [0.15, 0.2) is 0 Å². The first-order valence-electron chi connectivity index (χ1n) is 20.5. The Hall–Kier alpha value is -3.62. The zero-order valence-corrected chi connectivity index (χ0v) is 31.6. The lowest BCUT2D eigenvalue weighted by molar-refractivity contribution is 0.556. The van der Waals surface area contributed by atoms with Crippen molar-refractivity contribution in [1.29, 1.82) is 10.5 Å². The third kappa shape index (κ3) is 12.3. The van der Waals surface area contributed by atoms with Crippen LogP contribution in [0.3, 0.4) is 0 Å². The van der Waals surface area contributed by atoms with Crippen molar-refractivity contribution >= 4 is 21.5 Å². The molecule has 4 aromatic rings. The fourth-order valence-electron chi connectivity index (χ4n) is 7.86. The predicted octanol–water partition coefficient (Wildman–Crippen LogP) is 14.7. The van der Waals surface area contributed by atoms with Crippen molar-refractivity contribution in [3.05, 3.63) is 82.9 Å². The summed E-state index contributed by atoms with van der Waals surface area (Å²) in [6.07, 6.45) is 29.9. The van der Waals surface area contributed by atoms with Crippen LogP contribution in [0.2, 0.25) is 0 Å². The van der Waals surface area contributed by atoms with Crippen LogP contribution in [0.25, 0.3) is 32.7 Å². The van der Waals surface area contributed by atoms with Crippen molar-refractivity contribution in [2.24, 2.45) is 0 Å². The van der Waals surface area contributed by atoms with Crippen LogP contribution in [-0.4, -0.2) is 0 Å². The minimum absolute atomic E-state index is 0.436. The Labute approximate surface area is 305 Å². The van der Waals surface area contributed by atoms with Crippen molar-refractivity contribution in [3.8, 4) is 23.3 Å². The number of fused-ring (bicyclic) bond motifs is 2. The molecule has 2 heteroatoms. The van der Waals surface area contributed by atoms with E-state index in [-0.39, 0.29) is 0 Å². The first-order chi connectivity index (χ1) is 24.7. The Bertz CT molecular complexity index is 1540. The lowest BCUT2D eigenvalue weighted by Crippen LogP contribution is -1.99. The fraction of sp³-hybridized carbons (Fsp3) is 0.542. The van der Waals surface area contributed by atoms with Crippen molar-refractivity contribution in [2.75, 3.05) is 0 Å². The summed E-state index contributed by atoms with van der Waals surface area (Å²) in [5, 5.41) is 23.9. The van der Waals surface area contributed by atoms with Gasteiger partial charge in [0.2, 0.25) is 0 Å². The molecule has 0 N–H and O–H groups in total. The first kappa shape index (κ1) is 39.2. The Morgan fingerprint density at radius 2 is 0.740 bits per heavy atom. The van der Waals surface area contributed by atoms with E-state index >= 15 is 0 Å². The summed E-state index contributed by atoms with van der Waals surface area (Å²) >= 11 is 0. The molecule has 2 nitrogen and oxygen atoms in total. The van der Waals surface area contributed by atoms with Crippen molar-refractivity contribution < 1.29 is 0 Å². The van der Waals surface area contributed by atoms with Crippen molar-refractivity contribution in [1.82, 2.24) is 0 Å². The maximum atomic E-state index is 9.43. The van der Waals surface area contributed by atoms with Gasteiger partial charge in [0.05, 0.1) is 25.0 Å². The summed E-state index contributed by atoms with van der Waals surface area (Å²) in [5.41, 5.74) is 7.84. The standard InChI is InChI=1S/C48H64N2/c1-3-5-7-9-11-13-15-17-19-21-23-41-27-29-43-37-39(33-35-49)25-31-45(43)47(41)48-42(24-22-20-18-16-14-12-10-8-6-4-2)28-30-44-38-40(34-36-50)26-32-46(44)48/h25-32,37-38H,3-24,33-34H2,1-2H3. The van der Waals surface area contributed by atoms with Gasteiger partial charge in [0.1, 0.15) is 0 Å². The predicted molar refractivity (Wildman–Crippen MR) is 217 cm³/mol. The molecule has 0 saturated heterocycles. The number of nitriles is 2. The Morgan fingerprint density at radius 1 is 0.400 bits per heavy atom. The summed E-state index contributed by atoms with van der Waals surface area (Å²) in [5.74, 6) is 0. The molecule has 50 heavy (non-hydrogen) atoms. The zero-order valence-electron chi connectivity index (χ0n) is 31.6. The number of nitrogens with zero attached hydrogens (tertiary/aromatic N) is 2. The molecule has 266 valence electrons. The highest BCUT2D eigenvalue weighted by atomic mass is 14.2. The topological polar surface area (TPSA) is 47.6 Å². The number of hydrogen-bond acceptors (Lipinski definition) is 2.